The van der Waals surface area contributed by atoms with Crippen molar-refractivity contribution in [1.82, 2.24) is 20.9 Å². The predicted octanol–water partition coefficient (Wildman–Crippen LogP) is 0.686. The zero-order valence-corrected chi connectivity index (χ0v) is 12.7. The van der Waals surface area contributed by atoms with Crippen molar-refractivity contribution in [2.45, 2.75) is 45.6 Å². The molecule has 6 nitrogen and oxygen atoms in total. The highest BCUT2D eigenvalue weighted by Gasteiger charge is 2.23. The summed E-state index contributed by atoms with van der Waals surface area (Å²) in [5.41, 5.74) is 0. The van der Waals surface area contributed by atoms with E-state index in [0.29, 0.717) is 19.1 Å². The fourth-order valence-electron chi connectivity index (χ4n) is 2.40. The third kappa shape index (κ3) is 6.34. The van der Waals surface area contributed by atoms with Crippen LogP contribution in [0.4, 0.5) is 4.79 Å². The maximum absolute atomic E-state index is 11.9. The minimum absolute atomic E-state index is 0.223. The molecule has 6 heteroatoms. The molecule has 1 aliphatic heterocycles. The number of amides is 3. The lowest BCUT2D eigenvalue weighted by molar-refractivity contribution is -0.121. The maximum Gasteiger partial charge on any atom is 0.321 e. The van der Waals surface area contributed by atoms with Crippen LogP contribution in [0.3, 0.4) is 0 Å². The molecule has 20 heavy (non-hydrogen) atoms. The second-order valence-corrected chi connectivity index (χ2v) is 5.27. The van der Waals surface area contributed by atoms with Gasteiger partial charge in [-0.05, 0) is 32.4 Å². The number of unbranched alkanes of at least 4 members (excludes halogenated alkanes) is 1. The van der Waals surface area contributed by atoms with E-state index in [0.717, 1.165) is 45.3 Å². The molecular weight excluding hydrogens is 256 g/mol. The molecule has 1 unspecified atom stereocenters. The summed E-state index contributed by atoms with van der Waals surface area (Å²) in [6.45, 7) is 7.88. The average molecular weight is 284 g/mol. The van der Waals surface area contributed by atoms with Crippen molar-refractivity contribution in [2.75, 3.05) is 32.7 Å². The van der Waals surface area contributed by atoms with Gasteiger partial charge in [-0.1, -0.05) is 20.3 Å². The fraction of sp³-hybridized carbons (Fsp3) is 0.857. The van der Waals surface area contributed by atoms with Gasteiger partial charge >= 0.3 is 6.03 Å². The van der Waals surface area contributed by atoms with Crippen molar-refractivity contribution in [1.29, 1.82) is 0 Å². The number of rotatable bonds is 8. The molecule has 0 aromatic rings. The molecule has 1 heterocycles. The lowest BCUT2D eigenvalue weighted by Gasteiger charge is -2.27. The summed E-state index contributed by atoms with van der Waals surface area (Å²) in [6, 6.07) is 0.0216. The highest BCUT2D eigenvalue weighted by molar-refractivity contribution is 5.95. The van der Waals surface area contributed by atoms with E-state index >= 15 is 0 Å². The van der Waals surface area contributed by atoms with Gasteiger partial charge in [-0.3, -0.25) is 15.0 Å². The Morgan fingerprint density at radius 1 is 1.30 bits per heavy atom. The zero-order chi connectivity index (χ0) is 14.8. The van der Waals surface area contributed by atoms with Crippen LogP contribution in [0.15, 0.2) is 0 Å². The lowest BCUT2D eigenvalue weighted by Crippen LogP contribution is -2.48. The summed E-state index contributed by atoms with van der Waals surface area (Å²) < 4.78 is 0. The van der Waals surface area contributed by atoms with Crippen LogP contribution in [0.1, 0.15) is 39.5 Å². The third-order valence-electron chi connectivity index (χ3n) is 3.48. The van der Waals surface area contributed by atoms with Gasteiger partial charge in [0.2, 0.25) is 5.91 Å². The van der Waals surface area contributed by atoms with E-state index < -0.39 is 0 Å². The minimum Gasteiger partial charge on any atom is -0.338 e. The van der Waals surface area contributed by atoms with Crippen LogP contribution in [0.2, 0.25) is 0 Å². The molecule has 116 valence electrons. The van der Waals surface area contributed by atoms with Gasteiger partial charge in [-0.25, -0.2) is 4.79 Å². The summed E-state index contributed by atoms with van der Waals surface area (Å²) >= 11 is 0. The quantitative estimate of drug-likeness (QED) is 0.573. The van der Waals surface area contributed by atoms with E-state index in [4.69, 9.17) is 0 Å². The van der Waals surface area contributed by atoms with Crippen molar-refractivity contribution in [2.24, 2.45) is 0 Å². The van der Waals surface area contributed by atoms with Crippen LogP contribution in [0.5, 0.6) is 0 Å². The number of hydrogen-bond acceptors (Lipinski definition) is 4. The first-order valence-electron chi connectivity index (χ1n) is 7.69. The van der Waals surface area contributed by atoms with Crippen LogP contribution in [0.25, 0.3) is 0 Å². The highest BCUT2D eigenvalue weighted by atomic mass is 16.2. The lowest BCUT2D eigenvalue weighted by atomic mass is 10.2. The molecule has 0 aromatic carbocycles. The number of hydrogen-bond donors (Lipinski definition) is 3. The smallest absolute Gasteiger partial charge is 0.321 e. The first-order chi connectivity index (χ1) is 9.67. The molecule has 0 radical (unpaired) electrons. The first kappa shape index (κ1) is 16.9. The molecule has 1 fully saturated rings. The number of nitrogens with zero attached hydrogens (tertiary/aromatic N) is 1. The van der Waals surface area contributed by atoms with Crippen molar-refractivity contribution in [3.05, 3.63) is 0 Å². The zero-order valence-electron chi connectivity index (χ0n) is 12.7. The fourth-order valence-corrected chi connectivity index (χ4v) is 2.40. The molecule has 3 amide bonds. The topological polar surface area (TPSA) is 73.5 Å². The molecule has 1 saturated heterocycles. The van der Waals surface area contributed by atoms with Gasteiger partial charge < -0.3 is 10.6 Å². The van der Waals surface area contributed by atoms with Gasteiger partial charge in [0.25, 0.3) is 0 Å². The molecule has 1 atom stereocenters. The highest BCUT2D eigenvalue weighted by Crippen LogP contribution is 2.08. The van der Waals surface area contributed by atoms with E-state index in [2.05, 4.69) is 34.7 Å². The summed E-state index contributed by atoms with van der Waals surface area (Å²) in [7, 11) is 0. The molecule has 3 N–H and O–H groups in total. The van der Waals surface area contributed by atoms with Crippen molar-refractivity contribution in [3.63, 3.8) is 0 Å². The third-order valence-corrected chi connectivity index (χ3v) is 3.48. The molecule has 0 aliphatic carbocycles. The van der Waals surface area contributed by atoms with Crippen molar-refractivity contribution < 1.29 is 9.59 Å². The van der Waals surface area contributed by atoms with Gasteiger partial charge in [0.15, 0.2) is 0 Å². The summed E-state index contributed by atoms with van der Waals surface area (Å²) in [5.74, 6) is -0.223. The molecule has 0 saturated carbocycles. The van der Waals surface area contributed by atoms with Gasteiger partial charge in [0, 0.05) is 19.1 Å². The molecule has 0 aromatic heterocycles. The SMILES string of the molecule is CCCCNC(=O)NC(=O)CN(CCC)C1CCNC1. The van der Waals surface area contributed by atoms with Gasteiger partial charge in [-0.2, -0.15) is 0 Å². The number of carbonyl (C=O) groups excluding carboxylic acids is 2. The van der Waals surface area contributed by atoms with Crippen LogP contribution in [-0.2, 0) is 4.79 Å². The van der Waals surface area contributed by atoms with Crippen molar-refractivity contribution in [3.8, 4) is 0 Å². The number of nitrogens with one attached hydrogen (secondary N) is 3. The van der Waals surface area contributed by atoms with Crippen LogP contribution in [-0.4, -0.2) is 55.6 Å². The molecular formula is C14H28N4O2. The second kappa shape index (κ2) is 9.72. The molecule has 1 rings (SSSR count). The monoisotopic (exact) mass is 284 g/mol. The van der Waals surface area contributed by atoms with E-state index in [1.54, 1.807) is 0 Å². The Balaban J connectivity index is 2.31. The minimum atomic E-state index is -0.385. The molecule has 0 spiro atoms. The molecule has 0 bridgehead atoms. The van der Waals surface area contributed by atoms with E-state index in [1.165, 1.54) is 0 Å². The Kier molecular flexibility index (Phi) is 8.22. The van der Waals surface area contributed by atoms with E-state index in [1.807, 2.05) is 0 Å². The summed E-state index contributed by atoms with van der Waals surface area (Å²) in [6.07, 6.45) is 4.02. The van der Waals surface area contributed by atoms with E-state index in [-0.39, 0.29) is 11.9 Å². The normalized spacial score (nSPS) is 18.2. The van der Waals surface area contributed by atoms with Crippen LogP contribution in [0, 0.1) is 0 Å². The largest absolute Gasteiger partial charge is 0.338 e. The van der Waals surface area contributed by atoms with Crippen LogP contribution < -0.4 is 16.0 Å². The second-order valence-electron chi connectivity index (χ2n) is 5.27. The standard InChI is InChI=1S/C14H28N4O2/c1-3-5-7-16-14(20)17-13(19)11-18(9-4-2)12-6-8-15-10-12/h12,15H,3-11H2,1-2H3,(H2,16,17,19,20). The Bertz CT molecular complexity index is 304. The average Bonchev–Trinajstić information content (AvgIpc) is 2.92. The summed E-state index contributed by atoms with van der Waals surface area (Å²) in [4.78, 5) is 25.6. The van der Waals surface area contributed by atoms with Gasteiger partial charge in [0.1, 0.15) is 0 Å². The maximum atomic E-state index is 11.9. The Morgan fingerprint density at radius 2 is 2.10 bits per heavy atom. The van der Waals surface area contributed by atoms with Gasteiger partial charge in [0.05, 0.1) is 6.54 Å². The Morgan fingerprint density at radius 3 is 2.70 bits per heavy atom. The predicted molar refractivity (Wildman–Crippen MR) is 79.6 cm³/mol. The Labute approximate surface area is 121 Å². The Hall–Kier alpha value is -1.14. The summed E-state index contributed by atoms with van der Waals surface area (Å²) in [5, 5.41) is 8.39. The van der Waals surface area contributed by atoms with Gasteiger partial charge in [-0.15, -0.1) is 0 Å². The first-order valence-corrected chi connectivity index (χ1v) is 7.69. The number of carbonyl (C=O) groups is 2. The van der Waals surface area contributed by atoms with Crippen molar-refractivity contribution >= 4 is 11.9 Å². The number of imide groups is 1. The van der Waals surface area contributed by atoms with Crippen LogP contribution >= 0.6 is 0 Å². The van der Waals surface area contributed by atoms with E-state index in [9.17, 15) is 9.59 Å². The number of urea groups is 1. The molecule has 1 aliphatic rings.